The molecule has 1 N–H and O–H groups in total. The minimum Gasteiger partial charge on any atom is -0.393 e. The predicted molar refractivity (Wildman–Crippen MR) is 89.5 cm³/mol. The number of aromatic nitrogens is 2. The Bertz CT molecular complexity index is 686. The first kappa shape index (κ1) is 16.7. The zero-order chi connectivity index (χ0) is 17.0. The van der Waals surface area contributed by atoms with Gasteiger partial charge in [0.2, 0.25) is 5.91 Å². The number of nitrogens with zero attached hydrogens (tertiary/aromatic N) is 3. The summed E-state index contributed by atoms with van der Waals surface area (Å²) in [6, 6.07) is 9.91. The number of hydrogen-bond acceptors (Lipinski definition) is 4. The summed E-state index contributed by atoms with van der Waals surface area (Å²) in [6.07, 6.45) is 4.07. The zero-order valence-corrected chi connectivity index (χ0v) is 13.9. The van der Waals surface area contributed by atoms with E-state index in [4.69, 9.17) is 4.74 Å². The van der Waals surface area contributed by atoms with Crippen LogP contribution in [0.1, 0.15) is 11.4 Å². The third kappa shape index (κ3) is 3.66. The molecular formula is C18H23N3O3. The third-order valence-corrected chi connectivity index (χ3v) is 4.49. The fourth-order valence-corrected chi connectivity index (χ4v) is 3.10. The number of amides is 1. The van der Waals surface area contributed by atoms with Crippen molar-refractivity contribution in [3.63, 3.8) is 0 Å². The van der Waals surface area contributed by atoms with Crippen molar-refractivity contribution in [2.24, 2.45) is 0 Å². The van der Waals surface area contributed by atoms with Gasteiger partial charge < -0.3 is 19.3 Å². The molecule has 1 aromatic carbocycles. The Kier molecular flexibility index (Phi) is 4.97. The molecule has 2 heterocycles. The Balaban J connectivity index is 1.70. The van der Waals surface area contributed by atoms with Crippen molar-refractivity contribution in [1.29, 1.82) is 0 Å². The van der Waals surface area contributed by atoms with Gasteiger partial charge >= 0.3 is 0 Å². The molecular weight excluding hydrogens is 306 g/mol. The van der Waals surface area contributed by atoms with Crippen LogP contribution >= 0.6 is 0 Å². The SMILES string of the molecule is Cc1nccn1CC(=O)N1CCO[C@](CO)(Cc2ccccc2)C1. The minimum atomic E-state index is -0.737. The first-order valence-electron chi connectivity index (χ1n) is 8.16. The smallest absolute Gasteiger partial charge is 0.242 e. The number of carbonyl (C=O) groups excluding carboxylic acids is 1. The summed E-state index contributed by atoms with van der Waals surface area (Å²) in [5, 5.41) is 9.93. The molecule has 1 fully saturated rings. The summed E-state index contributed by atoms with van der Waals surface area (Å²) < 4.78 is 7.72. The van der Waals surface area contributed by atoms with Crippen molar-refractivity contribution in [3.8, 4) is 0 Å². The van der Waals surface area contributed by atoms with E-state index in [0.717, 1.165) is 11.4 Å². The number of aliphatic hydroxyl groups excluding tert-OH is 1. The lowest BCUT2D eigenvalue weighted by Crippen LogP contribution is -2.57. The van der Waals surface area contributed by atoms with Crippen molar-refractivity contribution in [3.05, 3.63) is 54.1 Å². The maximum Gasteiger partial charge on any atom is 0.242 e. The van der Waals surface area contributed by atoms with Crippen LogP contribution in [0.2, 0.25) is 0 Å². The average Bonchev–Trinajstić information content (AvgIpc) is 3.01. The number of carbonyl (C=O) groups is 1. The molecule has 0 bridgehead atoms. The fraction of sp³-hybridized carbons (Fsp3) is 0.444. The summed E-state index contributed by atoms with van der Waals surface area (Å²) in [5.41, 5.74) is 0.352. The molecule has 0 spiro atoms. The number of aliphatic hydroxyl groups is 1. The quantitative estimate of drug-likeness (QED) is 0.889. The molecule has 1 saturated heterocycles. The number of benzene rings is 1. The van der Waals surface area contributed by atoms with E-state index in [1.54, 1.807) is 17.3 Å². The number of rotatable bonds is 5. The highest BCUT2D eigenvalue weighted by Gasteiger charge is 2.38. The second kappa shape index (κ2) is 7.15. The summed E-state index contributed by atoms with van der Waals surface area (Å²) in [6.45, 7) is 3.39. The number of imidazole rings is 1. The minimum absolute atomic E-state index is 0.0188. The molecule has 1 atom stereocenters. The molecule has 1 aliphatic rings. The van der Waals surface area contributed by atoms with E-state index in [-0.39, 0.29) is 19.1 Å². The van der Waals surface area contributed by atoms with E-state index in [1.807, 2.05) is 41.8 Å². The monoisotopic (exact) mass is 329 g/mol. The normalized spacial score (nSPS) is 21.0. The van der Waals surface area contributed by atoms with E-state index >= 15 is 0 Å². The first-order valence-corrected chi connectivity index (χ1v) is 8.16. The van der Waals surface area contributed by atoms with Crippen LogP contribution in [0, 0.1) is 6.92 Å². The standard InChI is InChI=1S/C18H23N3O3/c1-15-19-7-8-20(15)12-17(23)21-9-10-24-18(13-21,14-22)11-16-5-3-2-4-6-16/h2-8,22H,9-14H2,1H3/t18-/m1/s1. The highest BCUT2D eigenvalue weighted by atomic mass is 16.5. The first-order chi connectivity index (χ1) is 11.6. The van der Waals surface area contributed by atoms with Gasteiger partial charge in [-0.05, 0) is 12.5 Å². The summed E-state index contributed by atoms with van der Waals surface area (Å²) in [7, 11) is 0. The highest BCUT2D eigenvalue weighted by Crippen LogP contribution is 2.23. The van der Waals surface area contributed by atoms with Crippen LogP contribution in [-0.2, 0) is 22.5 Å². The molecule has 1 aliphatic heterocycles. The van der Waals surface area contributed by atoms with Crippen molar-refractivity contribution < 1.29 is 14.6 Å². The third-order valence-electron chi connectivity index (χ3n) is 4.49. The second-order valence-electron chi connectivity index (χ2n) is 6.27. The summed E-state index contributed by atoms with van der Waals surface area (Å²) >= 11 is 0. The molecule has 6 nitrogen and oxygen atoms in total. The Hall–Kier alpha value is -2.18. The number of ether oxygens (including phenoxy) is 1. The zero-order valence-electron chi connectivity index (χ0n) is 13.9. The van der Waals surface area contributed by atoms with Gasteiger partial charge in [0.25, 0.3) is 0 Å². The van der Waals surface area contributed by atoms with Crippen LogP contribution < -0.4 is 0 Å². The predicted octanol–water partition coefficient (Wildman–Crippen LogP) is 1.02. The Morgan fingerprint density at radius 1 is 1.38 bits per heavy atom. The van der Waals surface area contributed by atoms with Gasteiger partial charge in [0.15, 0.2) is 0 Å². The van der Waals surface area contributed by atoms with Gasteiger partial charge in [-0.25, -0.2) is 4.98 Å². The van der Waals surface area contributed by atoms with Gasteiger partial charge in [0.1, 0.15) is 18.0 Å². The van der Waals surface area contributed by atoms with E-state index in [0.29, 0.717) is 26.1 Å². The van der Waals surface area contributed by atoms with E-state index < -0.39 is 5.60 Å². The van der Waals surface area contributed by atoms with E-state index in [1.165, 1.54) is 0 Å². The number of aryl methyl sites for hydroxylation is 1. The Labute approximate surface area is 141 Å². The van der Waals surface area contributed by atoms with Crippen LogP contribution in [-0.4, -0.2) is 57.4 Å². The highest BCUT2D eigenvalue weighted by molar-refractivity contribution is 5.76. The number of morpholine rings is 1. The van der Waals surface area contributed by atoms with Gasteiger partial charge in [-0.2, -0.15) is 0 Å². The van der Waals surface area contributed by atoms with Crippen LogP contribution in [0.5, 0.6) is 0 Å². The van der Waals surface area contributed by atoms with Gasteiger partial charge in [0.05, 0.1) is 19.8 Å². The molecule has 0 unspecified atom stereocenters. The van der Waals surface area contributed by atoms with Gasteiger partial charge in [-0.1, -0.05) is 30.3 Å². The maximum absolute atomic E-state index is 12.6. The van der Waals surface area contributed by atoms with Gasteiger partial charge in [0, 0.05) is 25.4 Å². The second-order valence-corrected chi connectivity index (χ2v) is 6.27. The lowest BCUT2D eigenvalue weighted by atomic mass is 9.93. The Morgan fingerprint density at radius 3 is 2.83 bits per heavy atom. The van der Waals surface area contributed by atoms with Crippen LogP contribution in [0.25, 0.3) is 0 Å². The summed E-state index contributed by atoms with van der Waals surface area (Å²) in [4.78, 5) is 18.5. The molecule has 24 heavy (non-hydrogen) atoms. The molecule has 3 rings (SSSR count). The Morgan fingerprint density at radius 2 is 2.17 bits per heavy atom. The average molecular weight is 329 g/mol. The van der Waals surface area contributed by atoms with E-state index in [9.17, 15) is 9.90 Å². The maximum atomic E-state index is 12.6. The lowest BCUT2D eigenvalue weighted by molar-refractivity contribution is -0.158. The molecule has 0 radical (unpaired) electrons. The molecule has 2 aromatic rings. The van der Waals surface area contributed by atoms with Gasteiger partial charge in [-0.15, -0.1) is 0 Å². The largest absolute Gasteiger partial charge is 0.393 e. The number of hydrogen-bond donors (Lipinski definition) is 1. The lowest BCUT2D eigenvalue weighted by Gasteiger charge is -2.42. The van der Waals surface area contributed by atoms with Gasteiger partial charge in [-0.3, -0.25) is 4.79 Å². The molecule has 6 heteroatoms. The molecule has 1 aromatic heterocycles. The fourth-order valence-electron chi connectivity index (χ4n) is 3.10. The summed E-state index contributed by atoms with van der Waals surface area (Å²) in [5.74, 6) is 0.833. The van der Waals surface area contributed by atoms with E-state index in [2.05, 4.69) is 4.98 Å². The van der Waals surface area contributed by atoms with Crippen LogP contribution in [0.4, 0.5) is 0 Å². The van der Waals surface area contributed by atoms with Crippen molar-refractivity contribution in [1.82, 2.24) is 14.5 Å². The van der Waals surface area contributed by atoms with Crippen LogP contribution in [0.15, 0.2) is 42.7 Å². The van der Waals surface area contributed by atoms with Crippen LogP contribution in [0.3, 0.4) is 0 Å². The molecule has 128 valence electrons. The van der Waals surface area contributed by atoms with Crippen molar-refractivity contribution in [2.75, 3.05) is 26.3 Å². The van der Waals surface area contributed by atoms with Crippen molar-refractivity contribution in [2.45, 2.75) is 25.5 Å². The molecule has 0 aliphatic carbocycles. The van der Waals surface area contributed by atoms with Crippen molar-refractivity contribution >= 4 is 5.91 Å². The molecule has 0 saturated carbocycles. The molecule has 1 amide bonds. The topological polar surface area (TPSA) is 67.6 Å².